The summed E-state index contributed by atoms with van der Waals surface area (Å²) in [5, 5.41) is 3.80. The van der Waals surface area contributed by atoms with Gasteiger partial charge in [-0.15, -0.1) is 11.3 Å². The van der Waals surface area contributed by atoms with Crippen LogP contribution >= 0.6 is 11.3 Å². The summed E-state index contributed by atoms with van der Waals surface area (Å²) in [6.07, 6.45) is 4.66. The van der Waals surface area contributed by atoms with Crippen LogP contribution in [0, 0.1) is 0 Å². The lowest BCUT2D eigenvalue weighted by Gasteiger charge is -2.07. The Kier molecular flexibility index (Phi) is 4.14. The topological polar surface area (TPSA) is 55.1 Å². The van der Waals surface area contributed by atoms with Gasteiger partial charge in [0.25, 0.3) is 0 Å². The Labute approximate surface area is 148 Å². The number of anilines is 1. The number of carbonyl (C=O) groups excluding carboxylic acids is 1. The highest BCUT2D eigenvalue weighted by atomic mass is 32.1. The average Bonchev–Trinajstić information content (AvgIpc) is 3.30. The predicted octanol–water partition coefficient (Wildman–Crippen LogP) is 5.21. The number of fused-ring (bicyclic) bond motifs is 1. The van der Waals surface area contributed by atoms with Crippen LogP contribution in [0.3, 0.4) is 0 Å². The largest absolute Gasteiger partial charge is 0.465 e. The quantitative estimate of drug-likeness (QED) is 0.516. The van der Waals surface area contributed by atoms with Crippen LogP contribution in [0.1, 0.15) is 5.76 Å². The number of aromatic nitrogens is 1. The molecule has 0 saturated heterocycles. The maximum absolute atomic E-state index is 12.2. The van der Waals surface area contributed by atoms with Crippen molar-refractivity contribution >= 4 is 39.2 Å². The molecule has 0 spiro atoms. The van der Waals surface area contributed by atoms with Gasteiger partial charge in [0.05, 0.1) is 22.2 Å². The molecule has 2 aromatic heterocycles. The fourth-order valence-corrected chi connectivity index (χ4v) is 3.49. The van der Waals surface area contributed by atoms with Crippen molar-refractivity contribution in [1.29, 1.82) is 0 Å². The molecule has 0 aliphatic rings. The number of nitrogens with one attached hydrogen (secondary N) is 1. The highest BCUT2D eigenvalue weighted by molar-refractivity contribution is 7.21. The number of rotatable bonds is 4. The van der Waals surface area contributed by atoms with Crippen molar-refractivity contribution in [1.82, 2.24) is 4.98 Å². The van der Waals surface area contributed by atoms with Crippen LogP contribution in [0.2, 0.25) is 0 Å². The predicted molar refractivity (Wildman–Crippen MR) is 101 cm³/mol. The molecule has 4 aromatic rings. The maximum atomic E-state index is 12.2. The van der Waals surface area contributed by atoms with Crippen LogP contribution in [-0.2, 0) is 4.79 Å². The lowest BCUT2D eigenvalue weighted by molar-refractivity contribution is -0.111. The van der Waals surface area contributed by atoms with Gasteiger partial charge in [-0.25, -0.2) is 4.98 Å². The molecule has 2 aromatic carbocycles. The van der Waals surface area contributed by atoms with Crippen LogP contribution in [0.15, 0.2) is 77.4 Å². The van der Waals surface area contributed by atoms with Gasteiger partial charge in [-0.1, -0.05) is 24.3 Å². The van der Waals surface area contributed by atoms with Crippen molar-refractivity contribution in [2.45, 2.75) is 0 Å². The SMILES string of the molecule is O=C(/C=C/c1ccco1)Nc1ccccc1-c1nc2ccccc2s1. The van der Waals surface area contributed by atoms with E-state index in [0.29, 0.717) is 5.76 Å². The van der Waals surface area contributed by atoms with Crippen molar-refractivity contribution in [2.24, 2.45) is 0 Å². The molecule has 0 aliphatic carbocycles. The zero-order valence-corrected chi connectivity index (χ0v) is 14.0. The van der Waals surface area contributed by atoms with E-state index in [9.17, 15) is 4.79 Å². The van der Waals surface area contributed by atoms with Gasteiger partial charge in [0.1, 0.15) is 10.8 Å². The molecule has 0 saturated carbocycles. The van der Waals surface area contributed by atoms with Gasteiger partial charge in [-0.2, -0.15) is 0 Å². The van der Waals surface area contributed by atoms with Gasteiger partial charge in [-0.05, 0) is 42.5 Å². The Morgan fingerprint density at radius 3 is 2.72 bits per heavy atom. The number of thiazole rings is 1. The molecular formula is C20H14N2O2S. The van der Waals surface area contributed by atoms with Crippen LogP contribution in [0.5, 0.6) is 0 Å². The normalized spacial score (nSPS) is 11.2. The number of carbonyl (C=O) groups is 1. The fourth-order valence-electron chi connectivity index (χ4n) is 2.48. The van der Waals surface area contributed by atoms with E-state index in [4.69, 9.17) is 4.42 Å². The number of nitrogens with zero attached hydrogens (tertiary/aromatic N) is 1. The smallest absolute Gasteiger partial charge is 0.248 e. The standard InChI is InChI=1S/C20H14N2O2S/c23-19(12-11-14-6-5-13-24-14)21-16-8-2-1-7-15(16)20-22-17-9-3-4-10-18(17)25-20/h1-13H,(H,21,23)/b12-11+. The second-order valence-electron chi connectivity index (χ2n) is 5.37. The lowest BCUT2D eigenvalue weighted by atomic mass is 10.2. The lowest BCUT2D eigenvalue weighted by Crippen LogP contribution is -2.08. The first-order chi connectivity index (χ1) is 12.3. The molecule has 0 fully saturated rings. The molecule has 122 valence electrons. The number of amides is 1. The number of hydrogen-bond acceptors (Lipinski definition) is 4. The van der Waals surface area contributed by atoms with Gasteiger partial charge in [0, 0.05) is 11.6 Å². The number of para-hydroxylation sites is 2. The Hall–Kier alpha value is -3.18. The number of furan rings is 1. The highest BCUT2D eigenvalue weighted by Gasteiger charge is 2.11. The molecule has 0 atom stereocenters. The fraction of sp³-hybridized carbons (Fsp3) is 0. The second-order valence-corrected chi connectivity index (χ2v) is 6.40. The number of benzene rings is 2. The van der Waals surface area contributed by atoms with E-state index < -0.39 is 0 Å². The maximum Gasteiger partial charge on any atom is 0.248 e. The van der Waals surface area contributed by atoms with Crippen LogP contribution in [0.25, 0.3) is 26.9 Å². The van der Waals surface area contributed by atoms with E-state index in [1.165, 1.54) is 6.08 Å². The first-order valence-electron chi connectivity index (χ1n) is 7.77. The zero-order valence-electron chi connectivity index (χ0n) is 13.2. The Balaban J connectivity index is 1.61. The van der Waals surface area contributed by atoms with Crippen molar-refractivity contribution in [3.05, 3.63) is 78.8 Å². The minimum absolute atomic E-state index is 0.218. The first kappa shape index (κ1) is 15.4. The summed E-state index contributed by atoms with van der Waals surface area (Å²) in [5.41, 5.74) is 2.60. The first-order valence-corrected chi connectivity index (χ1v) is 8.59. The summed E-state index contributed by atoms with van der Waals surface area (Å²) >= 11 is 1.61. The second kappa shape index (κ2) is 6.75. The summed E-state index contributed by atoms with van der Waals surface area (Å²) in [6.45, 7) is 0. The van der Waals surface area contributed by atoms with Gasteiger partial charge < -0.3 is 9.73 Å². The van der Waals surface area contributed by atoms with Crippen molar-refractivity contribution in [2.75, 3.05) is 5.32 Å². The monoisotopic (exact) mass is 346 g/mol. The third-order valence-electron chi connectivity index (χ3n) is 3.65. The molecule has 0 bridgehead atoms. The number of hydrogen-bond donors (Lipinski definition) is 1. The summed E-state index contributed by atoms with van der Waals surface area (Å²) in [4.78, 5) is 16.9. The molecule has 2 heterocycles. The van der Waals surface area contributed by atoms with Gasteiger partial charge in [0.2, 0.25) is 5.91 Å². The van der Waals surface area contributed by atoms with Crippen LogP contribution < -0.4 is 5.32 Å². The third kappa shape index (κ3) is 3.36. The van der Waals surface area contributed by atoms with Gasteiger partial charge in [-0.3, -0.25) is 4.79 Å². The molecular weight excluding hydrogens is 332 g/mol. The van der Waals surface area contributed by atoms with E-state index in [-0.39, 0.29) is 5.91 Å². The average molecular weight is 346 g/mol. The molecule has 4 rings (SSSR count). The van der Waals surface area contributed by atoms with Crippen LogP contribution in [-0.4, -0.2) is 10.9 Å². The Bertz CT molecular complexity index is 1020. The molecule has 25 heavy (non-hydrogen) atoms. The molecule has 0 unspecified atom stereocenters. The molecule has 1 amide bonds. The van der Waals surface area contributed by atoms with E-state index in [1.807, 2.05) is 48.5 Å². The third-order valence-corrected chi connectivity index (χ3v) is 4.72. The summed E-state index contributed by atoms with van der Waals surface area (Å²) in [6, 6.07) is 19.2. The van der Waals surface area contributed by atoms with Crippen LogP contribution in [0.4, 0.5) is 5.69 Å². The summed E-state index contributed by atoms with van der Waals surface area (Å²) < 4.78 is 6.31. The van der Waals surface area contributed by atoms with Crippen molar-refractivity contribution < 1.29 is 9.21 Å². The Morgan fingerprint density at radius 2 is 1.88 bits per heavy atom. The van der Waals surface area contributed by atoms with Crippen molar-refractivity contribution in [3.63, 3.8) is 0 Å². The van der Waals surface area contributed by atoms with E-state index in [2.05, 4.69) is 10.3 Å². The molecule has 1 N–H and O–H groups in total. The summed E-state index contributed by atoms with van der Waals surface area (Å²) in [5.74, 6) is 0.416. The zero-order chi connectivity index (χ0) is 17.1. The van der Waals surface area contributed by atoms with Crippen molar-refractivity contribution in [3.8, 4) is 10.6 Å². The minimum atomic E-state index is -0.218. The molecule has 4 nitrogen and oxygen atoms in total. The van der Waals surface area contributed by atoms with Gasteiger partial charge in [0.15, 0.2) is 0 Å². The van der Waals surface area contributed by atoms with E-state index >= 15 is 0 Å². The minimum Gasteiger partial charge on any atom is -0.465 e. The highest BCUT2D eigenvalue weighted by Crippen LogP contribution is 2.34. The van der Waals surface area contributed by atoms with E-state index in [0.717, 1.165) is 26.5 Å². The molecule has 0 radical (unpaired) electrons. The molecule has 5 heteroatoms. The Morgan fingerprint density at radius 1 is 1.04 bits per heavy atom. The molecule has 0 aliphatic heterocycles. The van der Waals surface area contributed by atoms with Gasteiger partial charge >= 0.3 is 0 Å². The van der Waals surface area contributed by atoms with E-state index in [1.54, 1.807) is 35.8 Å². The summed E-state index contributed by atoms with van der Waals surface area (Å²) in [7, 11) is 0.